The molecular weight excluding hydrogens is 333 g/mol. The highest BCUT2D eigenvalue weighted by molar-refractivity contribution is 6.00. The van der Waals surface area contributed by atoms with Crippen LogP contribution in [0, 0.1) is 18.7 Å². The third-order valence-corrected chi connectivity index (χ3v) is 6.21. The number of anilines is 1. The summed E-state index contributed by atoms with van der Waals surface area (Å²) in [6, 6.07) is 6.10. The van der Waals surface area contributed by atoms with Crippen molar-refractivity contribution >= 4 is 17.5 Å². The van der Waals surface area contributed by atoms with Crippen molar-refractivity contribution in [3.63, 3.8) is 0 Å². The number of halogens is 1. The average Bonchev–Trinajstić information content (AvgIpc) is 3.15. The molecule has 4 rings (SSSR count). The van der Waals surface area contributed by atoms with Crippen LogP contribution in [0.15, 0.2) is 18.2 Å². The number of nitrogens with zero attached hydrogens (tertiary/aromatic N) is 2. The number of carbonyl (C=O) groups is 2. The number of piperidine rings is 1. The number of amides is 2. The summed E-state index contributed by atoms with van der Waals surface area (Å²) in [4.78, 5) is 28.7. The summed E-state index contributed by atoms with van der Waals surface area (Å²) in [6.45, 7) is 2.08. The van der Waals surface area contributed by atoms with Crippen LogP contribution in [0.2, 0.25) is 0 Å². The third-order valence-electron chi connectivity index (χ3n) is 6.21. The number of benzene rings is 1. The number of aryl methyl sites for hydroxylation is 1. The highest BCUT2D eigenvalue weighted by Gasteiger charge is 2.41. The SMILES string of the molecule is Cc1ccc(N2CC(C(=O)N(C)C3CC4CCC(C3)N4)CC2=O)c(F)c1. The predicted molar refractivity (Wildman–Crippen MR) is 97.3 cm³/mol. The summed E-state index contributed by atoms with van der Waals surface area (Å²) in [5.74, 6) is -0.958. The first-order chi connectivity index (χ1) is 12.4. The quantitative estimate of drug-likeness (QED) is 0.900. The van der Waals surface area contributed by atoms with Gasteiger partial charge in [0.25, 0.3) is 0 Å². The Morgan fingerprint density at radius 1 is 1.27 bits per heavy atom. The van der Waals surface area contributed by atoms with E-state index in [1.807, 2.05) is 18.9 Å². The molecule has 1 aromatic carbocycles. The molecule has 0 spiro atoms. The van der Waals surface area contributed by atoms with Crippen LogP contribution in [0.25, 0.3) is 0 Å². The highest BCUT2D eigenvalue weighted by Crippen LogP contribution is 2.32. The molecule has 3 aliphatic rings. The topological polar surface area (TPSA) is 52.7 Å². The van der Waals surface area contributed by atoms with Gasteiger partial charge in [-0.25, -0.2) is 4.39 Å². The van der Waals surface area contributed by atoms with E-state index in [-0.39, 0.29) is 42.4 Å². The first kappa shape index (κ1) is 17.5. The predicted octanol–water partition coefficient (Wildman–Crippen LogP) is 2.23. The second kappa shape index (κ2) is 6.65. The van der Waals surface area contributed by atoms with Gasteiger partial charge < -0.3 is 15.1 Å². The largest absolute Gasteiger partial charge is 0.342 e. The van der Waals surface area contributed by atoms with Crippen LogP contribution >= 0.6 is 0 Å². The Kier molecular flexibility index (Phi) is 4.47. The minimum atomic E-state index is -0.408. The zero-order chi connectivity index (χ0) is 18.4. The van der Waals surface area contributed by atoms with Gasteiger partial charge in [0.1, 0.15) is 5.82 Å². The van der Waals surface area contributed by atoms with E-state index < -0.39 is 5.82 Å². The molecule has 3 aliphatic heterocycles. The Bertz CT molecular complexity index is 726. The molecule has 3 saturated heterocycles. The molecular formula is C20H26FN3O2. The fourth-order valence-electron chi connectivity index (χ4n) is 4.75. The van der Waals surface area contributed by atoms with Crippen LogP contribution in [0.3, 0.4) is 0 Å². The van der Waals surface area contributed by atoms with Crippen molar-refractivity contribution in [3.8, 4) is 0 Å². The van der Waals surface area contributed by atoms with E-state index in [0.29, 0.717) is 12.1 Å². The lowest BCUT2D eigenvalue weighted by Crippen LogP contribution is -2.50. The summed E-state index contributed by atoms with van der Waals surface area (Å²) in [6.07, 6.45) is 4.50. The molecule has 5 nitrogen and oxygen atoms in total. The summed E-state index contributed by atoms with van der Waals surface area (Å²) in [7, 11) is 1.86. The molecule has 0 saturated carbocycles. The molecule has 2 bridgehead atoms. The van der Waals surface area contributed by atoms with Gasteiger partial charge in [-0.15, -0.1) is 0 Å². The van der Waals surface area contributed by atoms with Crippen LogP contribution in [0.5, 0.6) is 0 Å². The molecule has 3 fully saturated rings. The Balaban J connectivity index is 1.45. The molecule has 0 aromatic heterocycles. The van der Waals surface area contributed by atoms with Crippen molar-refractivity contribution < 1.29 is 14.0 Å². The van der Waals surface area contributed by atoms with E-state index in [0.717, 1.165) is 18.4 Å². The Hall–Kier alpha value is -1.95. The maximum Gasteiger partial charge on any atom is 0.228 e. The van der Waals surface area contributed by atoms with Gasteiger partial charge in [0.15, 0.2) is 0 Å². The zero-order valence-electron chi connectivity index (χ0n) is 15.4. The molecule has 0 radical (unpaired) electrons. The maximum atomic E-state index is 14.3. The van der Waals surface area contributed by atoms with Gasteiger partial charge in [-0.2, -0.15) is 0 Å². The van der Waals surface area contributed by atoms with E-state index in [2.05, 4.69) is 5.32 Å². The van der Waals surface area contributed by atoms with Crippen molar-refractivity contribution in [1.29, 1.82) is 0 Å². The van der Waals surface area contributed by atoms with Gasteiger partial charge in [0, 0.05) is 38.1 Å². The average molecular weight is 359 g/mol. The molecule has 140 valence electrons. The summed E-state index contributed by atoms with van der Waals surface area (Å²) < 4.78 is 14.3. The number of nitrogens with one attached hydrogen (secondary N) is 1. The minimum Gasteiger partial charge on any atom is -0.342 e. The first-order valence-electron chi connectivity index (χ1n) is 9.51. The Morgan fingerprint density at radius 2 is 1.96 bits per heavy atom. The van der Waals surface area contributed by atoms with Crippen molar-refractivity contribution in [1.82, 2.24) is 10.2 Å². The summed E-state index contributed by atoms with van der Waals surface area (Å²) in [5.41, 5.74) is 1.09. The molecule has 2 amide bonds. The van der Waals surface area contributed by atoms with Crippen molar-refractivity contribution in [2.45, 2.75) is 57.2 Å². The summed E-state index contributed by atoms with van der Waals surface area (Å²) in [5, 5.41) is 3.59. The number of fused-ring (bicyclic) bond motifs is 2. The normalized spacial score (nSPS) is 30.7. The molecule has 3 heterocycles. The standard InChI is InChI=1S/C20H26FN3O2/c1-12-3-6-18(17(21)7-12)24-11-13(8-19(24)25)20(26)23(2)16-9-14-4-5-15(10-16)22-14/h3,6-7,13-16,22H,4-5,8-11H2,1-2H3. The molecule has 26 heavy (non-hydrogen) atoms. The van der Waals surface area contributed by atoms with Crippen LogP contribution in [-0.2, 0) is 9.59 Å². The van der Waals surface area contributed by atoms with Gasteiger partial charge in [-0.05, 0) is 50.3 Å². The fraction of sp³-hybridized carbons (Fsp3) is 0.600. The van der Waals surface area contributed by atoms with Crippen molar-refractivity contribution in [2.75, 3.05) is 18.5 Å². The molecule has 6 heteroatoms. The lowest BCUT2D eigenvalue weighted by atomic mass is 9.97. The minimum absolute atomic E-state index is 0.0136. The van der Waals surface area contributed by atoms with Crippen LogP contribution < -0.4 is 10.2 Å². The van der Waals surface area contributed by atoms with Gasteiger partial charge >= 0.3 is 0 Å². The van der Waals surface area contributed by atoms with E-state index in [9.17, 15) is 14.0 Å². The van der Waals surface area contributed by atoms with Gasteiger partial charge in [0.2, 0.25) is 11.8 Å². The number of carbonyl (C=O) groups excluding carboxylic acids is 2. The number of rotatable bonds is 3. The second-order valence-corrected chi connectivity index (χ2v) is 8.07. The van der Waals surface area contributed by atoms with Crippen molar-refractivity contribution in [3.05, 3.63) is 29.6 Å². The van der Waals surface area contributed by atoms with E-state index >= 15 is 0 Å². The zero-order valence-corrected chi connectivity index (χ0v) is 15.4. The van der Waals surface area contributed by atoms with E-state index in [1.165, 1.54) is 23.8 Å². The van der Waals surface area contributed by atoms with Crippen molar-refractivity contribution in [2.24, 2.45) is 5.92 Å². The van der Waals surface area contributed by atoms with Crippen LogP contribution in [0.4, 0.5) is 10.1 Å². The number of hydrogen-bond donors (Lipinski definition) is 1. The van der Waals surface area contributed by atoms with Gasteiger partial charge in [0.05, 0.1) is 11.6 Å². The molecule has 3 unspecified atom stereocenters. The molecule has 1 aromatic rings. The first-order valence-corrected chi connectivity index (χ1v) is 9.51. The van der Waals surface area contributed by atoms with Gasteiger partial charge in [-0.3, -0.25) is 9.59 Å². The number of hydrogen-bond acceptors (Lipinski definition) is 3. The van der Waals surface area contributed by atoms with Crippen LogP contribution in [-0.4, -0.2) is 48.4 Å². The van der Waals surface area contributed by atoms with E-state index in [4.69, 9.17) is 0 Å². The third kappa shape index (κ3) is 3.11. The monoisotopic (exact) mass is 359 g/mol. The highest BCUT2D eigenvalue weighted by atomic mass is 19.1. The second-order valence-electron chi connectivity index (χ2n) is 8.07. The Morgan fingerprint density at radius 3 is 2.62 bits per heavy atom. The molecule has 1 N–H and O–H groups in total. The molecule has 0 aliphatic carbocycles. The smallest absolute Gasteiger partial charge is 0.228 e. The maximum absolute atomic E-state index is 14.3. The van der Waals surface area contributed by atoms with E-state index in [1.54, 1.807) is 12.1 Å². The lowest BCUT2D eigenvalue weighted by Gasteiger charge is -2.36. The molecule has 3 atom stereocenters. The summed E-state index contributed by atoms with van der Waals surface area (Å²) >= 11 is 0. The lowest BCUT2D eigenvalue weighted by molar-refractivity contribution is -0.137. The van der Waals surface area contributed by atoms with Gasteiger partial charge in [-0.1, -0.05) is 6.07 Å². The van der Waals surface area contributed by atoms with Crippen LogP contribution in [0.1, 0.15) is 37.7 Å². The fourth-order valence-corrected chi connectivity index (χ4v) is 4.75. The Labute approximate surface area is 153 Å².